The van der Waals surface area contributed by atoms with Gasteiger partial charge in [-0.1, -0.05) is 24.8 Å². The van der Waals surface area contributed by atoms with Crippen LogP contribution in [0.1, 0.15) is 16.1 Å². The van der Waals surface area contributed by atoms with E-state index >= 15 is 0 Å². The van der Waals surface area contributed by atoms with Crippen molar-refractivity contribution in [2.75, 3.05) is 20.8 Å². The van der Waals surface area contributed by atoms with E-state index in [1.54, 1.807) is 55.8 Å². The lowest BCUT2D eigenvalue weighted by Crippen LogP contribution is -2.21. The van der Waals surface area contributed by atoms with Crippen molar-refractivity contribution in [2.45, 2.75) is 6.18 Å². The number of pyridine rings is 1. The van der Waals surface area contributed by atoms with Gasteiger partial charge in [-0.15, -0.1) is 10.2 Å². The molecule has 4 rings (SSSR count). The molecular formula is C24H20F3N5O6. The average Bonchev–Trinajstić information content (AvgIpc) is 3.45. The number of carboxylic acids is 1. The summed E-state index contributed by atoms with van der Waals surface area (Å²) in [7, 11) is 3.07. The van der Waals surface area contributed by atoms with Crippen LogP contribution < -0.4 is 14.2 Å². The molecule has 0 aliphatic heterocycles. The van der Waals surface area contributed by atoms with Gasteiger partial charge in [0.25, 0.3) is 0 Å². The molecule has 0 saturated carbocycles. The molecule has 0 aliphatic rings. The lowest BCUT2D eigenvalue weighted by molar-refractivity contribution is -0.192. The molecule has 0 atom stereocenters. The monoisotopic (exact) mass is 531 g/mol. The van der Waals surface area contributed by atoms with Gasteiger partial charge in [0, 0.05) is 28.1 Å². The molecule has 14 heteroatoms. The summed E-state index contributed by atoms with van der Waals surface area (Å²) < 4.78 is 48.2. The van der Waals surface area contributed by atoms with Crippen LogP contribution in [0.3, 0.4) is 0 Å². The number of ketones is 1. The second-order valence-electron chi connectivity index (χ2n) is 7.27. The Labute approximate surface area is 212 Å². The molecule has 11 nitrogen and oxygen atoms in total. The van der Waals surface area contributed by atoms with Gasteiger partial charge < -0.3 is 19.3 Å². The lowest BCUT2D eigenvalue weighted by Gasteiger charge is -2.13. The summed E-state index contributed by atoms with van der Waals surface area (Å²) in [5, 5.41) is 22.5. The van der Waals surface area contributed by atoms with Crippen LogP contribution in [0.25, 0.3) is 22.2 Å². The third kappa shape index (κ3) is 6.21. The predicted molar refractivity (Wildman–Crippen MR) is 127 cm³/mol. The largest absolute Gasteiger partial charge is 0.493 e. The summed E-state index contributed by atoms with van der Waals surface area (Å²) >= 11 is 0. The number of aromatic nitrogens is 5. The molecule has 198 valence electrons. The van der Waals surface area contributed by atoms with Gasteiger partial charge in [0.15, 0.2) is 11.5 Å². The Morgan fingerprint density at radius 1 is 1.11 bits per heavy atom. The molecule has 38 heavy (non-hydrogen) atoms. The number of aromatic amines is 1. The number of ether oxygens (including phenoxy) is 3. The summed E-state index contributed by atoms with van der Waals surface area (Å²) in [4.78, 5) is 26.7. The average molecular weight is 531 g/mol. The minimum atomic E-state index is -5.08. The third-order valence-corrected chi connectivity index (χ3v) is 4.90. The molecule has 0 radical (unpaired) electrons. The number of nitrogens with zero attached hydrogens (tertiary/aromatic N) is 4. The van der Waals surface area contributed by atoms with E-state index in [-0.39, 0.29) is 11.5 Å². The van der Waals surface area contributed by atoms with E-state index in [2.05, 4.69) is 32.2 Å². The highest BCUT2D eigenvalue weighted by Crippen LogP contribution is 2.37. The van der Waals surface area contributed by atoms with Crippen molar-refractivity contribution in [3.8, 4) is 28.6 Å². The number of carbonyl (C=O) groups excluding carboxylic acids is 1. The maximum atomic E-state index is 13.4. The van der Waals surface area contributed by atoms with Crippen LogP contribution in [0.15, 0.2) is 55.3 Å². The Morgan fingerprint density at radius 2 is 1.76 bits per heavy atom. The van der Waals surface area contributed by atoms with E-state index in [0.29, 0.717) is 51.6 Å². The van der Waals surface area contributed by atoms with Gasteiger partial charge in [0.1, 0.15) is 18.1 Å². The van der Waals surface area contributed by atoms with Gasteiger partial charge in [0.05, 0.1) is 14.2 Å². The predicted octanol–water partition coefficient (Wildman–Crippen LogP) is 3.86. The molecule has 0 amide bonds. The first-order valence-corrected chi connectivity index (χ1v) is 10.6. The van der Waals surface area contributed by atoms with Crippen molar-refractivity contribution in [1.29, 1.82) is 0 Å². The number of methoxy groups -OCH3 is 2. The maximum absolute atomic E-state index is 13.4. The Bertz CT molecular complexity index is 1460. The number of carbonyl (C=O) groups is 2. The Hall–Kier alpha value is -5.01. The number of alkyl halides is 3. The first-order valence-electron chi connectivity index (χ1n) is 10.6. The molecule has 2 aromatic heterocycles. The van der Waals surface area contributed by atoms with E-state index in [4.69, 9.17) is 24.1 Å². The SMILES string of the molecule is C=CCOc1cccc(C(=O)c2ncc(-c3nn[nH]n3)c3cc(OC)c(OC)cc23)c1.O=C(O)C(F)(F)F. The molecule has 2 N–H and O–H groups in total. The van der Waals surface area contributed by atoms with Gasteiger partial charge in [-0.3, -0.25) is 9.78 Å². The van der Waals surface area contributed by atoms with Gasteiger partial charge in [-0.25, -0.2) is 4.79 Å². The summed E-state index contributed by atoms with van der Waals surface area (Å²) in [5.41, 5.74) is 1.30. The van der Waals surface area contributed by atoms with Crippen molar-refractivity contribution >= 4 is 22.5 Å². The number of H-pyrrole nitrogens is 1. The van der Waals surface area contributed by atoms with Crippen molar-refractivity contribution < 1.29 is 42.1 Å². The van der Waals surface area contributed by atoms with Crippen molar-refractivity contribution in [3.63, 3.8) is 0 Å². The van der Waals surface area contributed by atoms with Gasteiger partial charge >= 0.3 is 12.1 Å². The first-order chi connectivity index (χ1) is 18.1. The van der Waals surface area contributed by atoms with E-state index in [0.717, 1.165) is 0 Å². The molecule has 2 heterocycles. The van der Waals surface area contributed by atoms with E-state index in [1.165, 1.54) is 7.11 Å². The van der Waals surface area contributed by atoms with Crippen molar-refractivity contribution in [3.05, 3.63) is 66.5 Å². The number of fused-ring (bicyclic) bond motifs is 1. The molecule has 4 aromatic rings. The van der Waals surface area contributed by atoms with Crippen LogP contribution in [0.2, 0.25) is 0 Å². The zero-order chi connectivity index (χ0) is 27.9. The molecule has 0 fully saturated rings. The smallest absolute Gasteiger partial charge is 0.490 e. The van der Waals surface area contributed by atoms with Crippen LogP contribution >= 0.6 is 0 Å². The number of nitrogens with one attached hydrogen (secondary N) is 1. The first kappa shape index (κ1) is 27.6. The fourth-order valence-electron chi connectivity index (χ4n) is 3.22. The lowest BCUT2D eigenvalue weighted by atomic mass is 9.98. The Balaban J connectivity index is 0.000000505. The summed E-state index contributed by atoms with van der Waals surface area (Å²) in [6.07, 6.45) is -1.90. The fourth-order valence-corrected chi connectivity index (χ4v) is 3.22. The number of benzene rings is 2. The molecule has 0 spiro atoms. The van der Waals surface area contributed by atoms with Crippen molar-refractivity contribution in [1.82, 2.24) is 25.6 Å². The normalized spacial score (nSPS) is 10.8. The quantitative estimate of drug-likeness (QED) is 0.253. The summed E-state index contributed by atoms with van der Waals surface area (Å²) in [6, 6.07) is 10.4. The van der Waals surface area contributed by atoms with E-state index < -0.39 is 12.1 Å². The molecule has 0 aliphatic carbocycles. The Morgan fingerprint density at radius 3 is 2.32 bits per heavy atom. The molecule has 0 saturated heterocycles. The minimum absolute atomic E-state index is 0.254. The number of hydrogen-bond donors (Lipinski definition) is 2. The zero-order valence-corrected chi connectivity index (χ0v) is 19.9. The van der Waals surface area contributed by atoms with Crippen LogP contribution in [0.4, 0.5) is 13.2 Å². The van der Waals surface area contributed by atoms with Crippen LogP contribution in [-0.4, -0.2) is 69.5 Å². The number of tetrazole rings is 1. The number of halogens is 3. The number of hydrogen-bond acceptors (Lipinski definition) is 9. The second kappa shape index (κ2) is 11.8. The van der Waals surface area contributed by atoms with E-state index in [1.807, 2.05) is 0 Å². The second-order valence-corrected chi connectivity index (χ2v) is 7.27. The molecular weight excluding hydrogens is 511 g/mol. The standard InChI is InChI=1S/C22H19N5O4.C2HF3O2/c1-4-8-31-14-7-5-6-13(9-14)21(28)20-16-11-19(30-3)18(29-2)10-15(16)17(12-23-20)22-24-26-27-25-22;3-2(4,5)1(6)7/h4-7,9-12H,1,8H2,2-3H3,(H,24,25,26,27);(H,6,7). The van der Waals surface area contributed by atoms with Gasteiger partial charge in [-0.05, 0) is 29.5 Å². The van der Waals surface area contributed by atoms with Crippen molar-refractivity contribution in [2.24, 2.45) is 0 Å². The van der Waals surface area contributed by atoms with Gasteiger partial charge in [-0.2, -0.15) is 18.4 Å². The number of carboxylic acid groups (broad SMARTS) is 1. The zero-order valence-electron chi connectivity index (χ0n) is 19.9. The highest BCUT2D eigenvalue weighted by Gasteiger charge is 2.38. The highest BCUT2D eigenvalue weighted by atomic mass is 19.4. The summed E-state index contributed by atoms with van der Waals surface area (Å²) in [6.45, 7) is 3.98. The third-order valence-electron chi connectivity index (χ3n) is 4.90. The van der Waals surface area contributed by atoms with E-state index in [9.17, 15) is 18.0 Å². The number of rotatable bonds is 8. The molecule has 2 aromatic carbocycles. The Kier molecular flexibility index (Phi) is 8.57. The van der Waals surface area contributed by atoms with Crippen LogP contribution in [0, 0.1) is 0 Å². The molecule has 0 unspecified atom stereocenters. The number of aliphatic carboxylic acids is 1. The maximum Gasteiger partial charge on any atom is 0.490 e. The minimum Gasteiger partial charge on any atom is -0.493 e. The topological polar surface area (TPSA) is 149 Å². The summed E-state index contributed by atoms with van der Waals surface area (Å²) in [5.74, 6) is -1.13. The van der Waals surface area contributed by atoms with Gasteiger partial charge in [0.2, 0.25) is 11.6 Å². The highest BCUT2D eigenvalue weighted by molar-refractivity contribution is 6.17. The van der Waals surface area contributed by atoms with Crippen LogP contribution in [-0.2, 0) is 4.79 Å². The fraction of sp³-hybridized carbons (Fsp3) is 0.167. The molecule has 0 bridgehead atoms. The van der Waals surface area contributed by atoms with Crippen LogP contribution in [0.5, 0.6) is 17.2 Å².